The summed E-state index contributed by atoms with van der Waals surface area (Å²) in [5.41, 5.74) is 0.437. The van der Waals surface area contributed by atoms with Crippen LogP contribution in [0.3, 0.4) is 0 Å². The van der Waals surface area contributed by atoms with E-state index in [1.165, 1.54) is 6.07 Å². The summed E-state index contributed by atoms with van der Waals surface area (Å²) >= 11 is 6.15. The van der Waals surface area contributed by atoms with Gasteiger partial charge in [0.15, 0.2) is 0 Å². The predicted octanol–water partition coefficient (Wildman–Crippen LogP) is 4.65. The van der Waals surface area contributed by atoms with Gasteiger partial charge >= 0.3 is 0 Å². The lowest BCUT2D eigenvalue weighted by Gasteiger charge is -2.29. The first-order valence-electron chi connectivity index (χ1n) is 9.20. The molecule has 0 N–H and O–H groups in total. The predicted molar refractivity (Wildman–Crippen MR) is 100 cm³/mol. The molecule has 1 aliphatic rings. The standard InChI is InChI=1S/C20H25ClFN3O/c1-14(2)25(20(26)15-6-3-4-7-15)13-19-23-10-11-24(19)12-16-17(21)8-5-9-18(16)22/h5,8-11,14-15H,3-4,6-7,12-13H2,1-2H3. The zero-order chi connectivity index (χ0) is 18.7. The normalized spacial score (nSPS) is 15.0. The second kappa shape index (κ2) is 8.21. The number of benzene rings is 1. The van der Waals surface area contributed by atoms with Crippen molar-refractivity contribution in [1.29, 1.82) is 0 Å². The number of nitrogens with zero attached hydrogens (tertiary/aromatic N) is 3. The van der Waals surface area contributed by atoms with Gasteiger partial charge in [-0.05, 0) is 38.8 Å². The van der Waals surface area contributed by atoms with Crippen LogP contribution in [0.4, 0.5) is 4.39 Å². The molecule has 26 heavy (non-hydrogen) atoms. The molecule has 0 saturated heterocycles. The van der Waals surface area contributed by atoms with Crippen molar-refractivity contribution in [2.24, 2.45) is 5.92 Å². The Morgan fingerprint density at radius 2 is 2.12 bits per heavy atom. The topological polar surface area (TPSA) is 38.1 Å². The molecule has 1 saturated carbocycles. The Balaban J connectivity index is 1.79. The van der Waals surface area contributed by atoms with Gasteiger partial charge in [0.05, 0.1) is 13.1 Å². The fourth-order valence-corrected chi connectivity index (χ4v) is 3.79. The highest BCUT2D eigenvalue weighted by molar-refractivity contribution is 6.31. The Morgan fingerprint density at radius 1 is 1.38 bits per heavy atom. The van der Waals surface area contributed by atoms with Crippen LogP contribution >= 0.6 is 11.6 Å². The van der Waals surface area contributed by atoms with Gasteiger partial charge in [-0.25, -0.2) is 9.37 Å². The maximum absolute atomic E-state index is 14.1. The smallest absolute Gasteiger partial charge is 0.226 e. The van der Waals surface area contributed by atoms with Crippen molar-refractivity contribution in [2.75, 3.05) is 0 Å². The molecule has 1 fully saturated rings. The van der Waals surface area contributed by atoms with Gasteiger partial charge < -0.3 is 9.47 Å². The van der Waals surface area contributed by atoms with Crippen LogP contribution in [0.5, 0.6) is 0 Å². The fraction of sp³-hybridized carbons (Fsp3) is 0.500. The molecular formula is C20H25ClFN3O. The van der Waals surface area contributed by atoms with Gasteiger partial charge in [0.1, 0.15) is 11.6 Å². The number of hydrogen-bond donors (Lipinski definition) is 0. The van der Waals surface area contributed by atoms with E-state index in [1.54, 1.807) is 24.5 Å². The quantitative estimate of drug-likeness (QED) is 0.734. The SMILES string of the molecule is CC(C)N(Cc1nccn1Cc1c(F)cccc1Cl)C(=O)C1CCCC1. The first kappa shape index (κ1) is 18.9. The Bertz CT molecular complexity index is 748. The second-order valence-corrected chi connectivity index (χ2v) is 7.62. The molecule has 0 atom stereocenters. The summed E-state index contributed by atoms with van der Waals surface area (Å²) < 4.78 is 16.0. The van der Waals surface area contributed by atoms with Crippen molar-refractivity contribution < 1.29 is 9.18 Å². The van der Waals surface area contributed by atoms with Crippen LogP contribution in [0.2, 0.25) is 5.02 Å². The highest BCUT2D eigenvalue weighted by Crippen LogP contribution is 2.28. The molecular weight excluding hydrogens is 353 g/mol. The van der Waals surface area contributed by atoms with Gasteiger partial charge in [-0.3, -0.25) is 4.79 Å². The van der Waals surface area contributed by atoms with Crippen LogP contribution in [0.25, 0.3) is 0 Å². The third-order valence-electron chi connectivity index (χ3n) is 5.11. The number of halogens is 2. The molecule has 0 radical (unpaired) electrons. The summed E-state index contributed by atoms with van der Waals surface area (Å²) in [6.07, 6.45) is 7.69. The molecule has 1 amide bonds. The Labute approximate surface area is 159 Å². The van der Waals surface area contributed by atoms with Crippen molar-refractivity contribution in [3.05, 3.63) is 52.8 Å². The van der Waals surface area contributed by atoms with Crippen LogP contribution in [-0.4, -0.2) is 26.4 Å². The molecule has 0 spiro atoms. The first-order valence-corrected chi connectivity index (χ1v) is 9.58. The van der Waals surface area contributed by atoms with Gasteiger partial charge in [0.25, 0.3) is 0 Å². The van der Waals surface area contributed by atoms with Gasteiger partial charge in [-0.15, -0.1) is 0 Å². The molecule has 140 valence electrons. The lowest BCUT2D eigenvalue weighted by atomic mass is 10.1. The third-order valence-corrected chi connectivity index (χ3v) is 5.47. The zero-order valence-corrected chi connectivity index (χ0v) is 16.0. The largest absolute Gasteiger partial charge is 0.333 e. The van der Waals surface area contributed by atoms with E-state index in [9.17, 15) is 9.18 Å². The Kier molecular flexibility index (Phi) is 5.97. The molecule has 0 aliphatic heterocycles. The highest BCUT2D eigenvalue weighted by atomic mass is 35.5. The first-order chi connectivity index (χ1) is 12.5. The van der Waals surface area contributed by atoms with Crippen molar-refractivity contribution in [1.82, 2.24) is 14.5 Å². The van der Waals surface area contributed by atoms with E-state index in [2.05, 4.69) is 4.98 Å². The molecule has 2 aromatic rings. The average Bonchev–Trinajstić information content (AvgIpc) is 3.27. The molecule has 3 rings (SSSR count). The molecule has 0 unspecified atom stereocenters. The van der Waals surface area contributed by atoms with Crippen LogP contribution in [0.1, 0.15) is 50.9 Å². The van der Waals surface area contributed by atoms with Crippen LogP contribution in [0.15, 0.2) is 30.6 Å². The molecule has 1 heterocycles. The number of rotatable bonds is 6. The molecule has 4 nitrogen and oxygen atoms in total. The van der Waals surface area contributed by atoms with E-state index in [0.29, 0.717) is 23.7 Å². The van der Waals surface area contributed by atoms with Gasteiger partial charge in [0, 0.05) is 34.9 Å². The molecule has 1 aliphatic carbocycles. The summed E-state index contributed by atoms with van der Waals surface area (Å²) in [5.74, 6) is 0.738. The lowest BCUT2D eigenvalue weighted by molar-refractivity contribution is -0.137. The van der Waals surface area contributed by atoms with E-state index < -0.39 is 0 Å². The molecule has 1 aromatic heterocycles. The minimum Gasteiger partial charge on any atom is -0.333 e. The number of amides is 1. The average molecular weight is 378 g/mol. The number of carbonyl (C=O) groups excluding carboxylic acids is 1. The zero-order valence-electron chi connectivity index (χ0n) is 15.3. The van der Waals surface area contributed by atoms with Crippen molar-refractivity contribution in [3.8, 4) is 0 Å². The van der Waals surface area contributed by atoms with Crippen molar-refractivity contribution >= 4 is 17.5 Å². The maximum Gasteiger partial charge on any atom is 0.226 e. The molecule has 0 bridgehead atoms. The molecule has 1 aromatic carbocycles. The third kappa shape index (κ3) is 4.09. The minimum absolute atomic E-state index is 0.0882. The van der Waals surface area contributed by atoms with E-state index in [0.717, 1.165) is 31.5 Å². The van der Waals surface area contributed by atoms with Crippen LogP contribution in [0, 0.1) is 11.7 Å². The fourth-order valence-electron chi connectivity index (χ4n) is 3.56. The van der Waals surface area contributed by atoms with E-state index in [1.807, 2.05) is 23.3 Å². The number of hydrogen-bond acceptors (Lipinski definition) is 2. The van der Waals surface area contributed by atoms with Crippen molar-refractivity contribution in [2.45, 2.75) is 58.7 Å². The maximum atomic E-state index is 14.1. The van der Waals surface area contributed by atoms with E-state index in [4.69, 9.17) is 11.6 Å². The van der Waals surface area contributed by atoms with E-state index >= 15 is 0 Å². The number of carbonyl (C=O) groups is 1. The van der Waals surface area contributed by atoms with E-state index in [-0.39, 0.29) is 23.7 Å². The number of imidazole rings is 1. The Morgan fingerprint density at radius 3 is 2.77 bits per heavy atom. The van der Waals surface area contributed by atoms with Gasteiger partial charge in [-0.1, -0.05) is 30.5 Å². The molecule has 6 heteroatoms. The highest BCUT2D eigenvalue weighted by Gasteiger charge is 2.29. The van der Waals surface area contributed by atoms with Gasteiger partial charge in [-0.2, -0.15) is 0 Å². The van der Waals surface area contributed by atoms with Crippen LogP contribution < -0.4 is 0 Å². The van der Waals surface area contributed by atoms with Crippen LogP contribution in [-0.2, 0) is 17.9 Å². The summed E-state index contributed by atoms with van der Waals surface area (Å²) in [7, 11) is 0. The second-order valence-electron chi connectivity index (χ2n) is 7.21. The summed E-state index contributed by atoms with van der Waals surface area (Å²) in [5, 5.41) is 0.396. The van der Waals surface area contributed by atoms with Crippen molar-refractivity contribution in [3.63, 3.8) is 0 Å². The summed E-state index contributed by atoms with van der Waals surface area (Å²) in [6.45, 7) is 4.76. The summed E-state index contributed by atoms with van der Waals surface area (Å²) in [6, 6.07) is 4.77. The minimum atomic E-state index is -0.333. The number of aromatic nitrogens is 2. The Hall–Kier alpha value is -1.88. The lowest BCUT2D eigenvalue weighted by Crippen LogP contribution is -2.40. The monoisotopic (exact) mass is 377 g/mol. The van der Waals surface area contributed by atoms with Gasteiger partial charge in [0.2, 0.25) is 5.91 Å². The summed E-state index contributed by atoms with van der Waals surface area (Å²) in [4.78, 5) is 19.2.